The van der Waals surface area contributed by atoms with Crippen molar-refractivity contribution < 1.29 is 4.79 Å². The topological polar surface area (TPSA) is 58.7 Å². The van der Waals surface area contributed by atoms with Gasteiger partial charge in [-0.3, -0.25) is 9.69 Å². The van der Waals surface area contributed by atoms with Crippen LogP contribution in [-0.4, -0.2) is 28.9 Å². The Morgan fingerprint density at radius 1 is 1.18 bits per heavy atom. The van der Waals surface area contributed by atoms with Crippen LogP contribution in [0.4, 0.5) is 0 Å². The zero-order valence-corrected chi connectivity index (χ0v) is 15.4. The number of guanidine groups is 1. The van der Waals surface area contributed by atoms with Crippen LogP contribution in [0.15, 0.2) is 4.99 Å². The molecule has 0 aromatic heterocycles. The quantitative estimate of drug-likeness (QED) is 0.803. The second kappa shape index (κ2) is 12.1. The van der Waals surface area contributed by atoms with Gasteiger partial charge in [-0.1, -0.05) is 41.5 Å². The van der Waals surface area contributed by atoms with Crippen molar-refractivity contribution in [3.05, 3.63) is 0 Å². The van der Waals surface area contributed by atoms with Crippen molar-refractivity contribution in [2.75, 3.05) is 6.54 Å². The molecule has 4 heteroatoms. The molecule has 0 unspecified atom stereocenters. The molecule has 22 heavy (non-hydrogen) atoms. The third-order valence-electron chi connectivity index (χ3n) is 3.86. The van der Waals surface area contributed by atoms with E-state index in [1.807, 2.05) is 27.7 Å². The van der Waals surface area contributed by atoms with E-state index in [4.69, 9.17) is 5.73 Å². The fraction of sp³-hybridized carbons (Fsp3) is 0.778. The van der Waals surface area contributed by atoms with Crippen LogP contribution in [-0.2, 0) is 4.79 Å². The van der Waals surface area contributed by atoms with Gasteiger partial charge in [0.05, 0.1) is 12.0 Å². The highest BCUT2D eigenvalue weighted by molar-refractivity contribution is 5.99. The van der Waals surface area contributed by atoms with Crippen LogP contribution in [0.25, 0.3) is 0 Å². The largest absolute Gasteiger partial charge is 0.369 e. The fourth-order valence-corrected chi connectivity index (χ4v) is 2.26. The molecule has 2 aliphatic rings. The van der Waals surface area contributed by atoms with Crippen LogP contribution in [0.5, 0.6) is 0 Å². The average Bonchev–Trinajstić information content (AvgIpc) is 3.40. The summed E-state index contributed by atoms with van der Waals surface area (Å²) in [5.41, 5.74) is 5.69. The van der Waals surface area contributed by atoms with Crippen molar-refractivity contribution in [1.29, 1.82) is 0 Å². The van der Waals surface area contributed by atoms with Gasteiger partial charge in [0.15, 0.2) is 5.96 Å². The zero-order valence-electron chi connectivity index (χ0n) is 15.4. The van der Waals surface area contributed by atoms with Gasteiger partial charge >= 0.3 is 0 Å². The Hall–Kier alpha value is -1.50. The monoisotopic (exact) mass is 309 g/mol. The maximum absolute atomic E-state index is 12.1. The SMILES string of the molecule is C#C.CC.CC.CCC1(CC)CC(=O)N(CC2CC2)C(N)=N1. The lowest BCUT2D eigenvalue weighted by molar-refractivity contribution is -0.129. The summed E-state index contributed by atoms with van der Waals surface area (Å²) in [6, 6.07) is 0. The minimum Gasteiger partial charge on any atom is -0.369 e. The van der Waals surface area contributed by atoms with Crippen LogP contribution < -0.4 is 5.73 Å². The second-order valence-electron chi connectivity index (χ2n) is 5.03. The van der Waals surface area contributed by atoms with E-state index < -0.39 is 0 Å². The fourth-order valence-electron chi connectivity index (χ4n) is 2.26. The van der Waals surface area contributed by atoms with Crippen molar-refractivity contribution in [3.63, 3.8) is 0 Å². The molecule has 0 atom stereocenters. The Labute approximate surface area is 137 Å². The summed E-state index contributed by atoms with van der Waals surface area (Å²) in [4.78, 5) is 18.3. The number of hydrogen-bond donors (Lipinski definition) is 1. The van der Waals surface area contributed by atoms with Crippen molar-refractivity contribution in [2.24, 2.45) is 16.6 Å². The lowest BCUT2D eigenvalue weighted by Crippen LogP contribution is -2.51. The first-order chi connectivity index (χ1) is 10.6. The van der Waals surface area contributed by atoms with E-state index in [-0.39, 0.29) is 11.4 Å². The van der Waals surface area contributed by atoms with Gasteiger partial charge in [0.1, 0.15) is 0 Å². The summed E-state index contributed by atoms with van der Waals surface area (Å²) < 4.78 is 0. The predicted octanol–water partition coefficient (Wildman–Crippen LogP) is 3.80. The van der Waals surface area contributed by atoms with Crippen molar-refractivity contribution in [3.8, 4) is 12.8 Å². The molecule has 1 fully saturated rings. The molecule has 1 amide bonds. The summed E-state index contributed by atoms with van der Waals surface area (Å²) in [6.07, 6.45) is 12.7. The van der Waals surface area contributed by atoms with Crippen molar-refractivity contribution in [1.82, 2.24) is 4.90 Å². The Morgan fingerprint density at radius 2 is 1.64 bits per heavy atom. The van der Waals surface area contributed by atoms with Gasteiger partial charge in [-0.2, -0.15) is 0 Å². The van der Waals surface area contributed by atoms with Crippen LogP contribution in [0.2, 0.25) is 0 Å². The lowest BCUT2D eigenvalue weighted by atomic mass is 9.88. The molecule has 0 saturated heterocycles. The summed E-state index contributed by atoms with van der Waals surface area (Å²) >= 11 is 0. The molecule has 1 heterocycles. The molecule has 1 saturated carbocycles. The molecule has 2 rings (SSSR count). The third-order valence-corrected chi connectivity index (χ3v) is 3.86. The van der Waals surface area contributed by atoms with E-state index in [0.717, 1.165) is 19.4 Å². The molecular formula is C18H35N3O. The molecule has 4 nitrogen and oxygen atoms in total. The normalized spacial score (nSPS) is 18.5. The average molecular weight is 309 g/mol. The number of aliphatic imine (C=N–C) groups is 1. The van der Waals surface area contributed by atoms with Gasteiger partial charge < -0.3 is 5.73 Å². The number of amides is 1. The second-order valence-corrected chi connectivity index (χ2v) is 5.03. The molecule has 2 N–H and O–H groups in total. The van der Waals surface area contributed by atoms with E-state index in [1.165, 1.54) is 12.8 Å². The standard InChI is InChI=1S/C12H21N3O.2C2H6.C2H2/c1-3-12(4-2)7-10(16)15(11(13)14-12)8-9-5-6-9;3*1-2/h9H,3-8H2,1-2H3,(H2,13,14);2*1-2H3;1-2H. The van der Waals surface area contributed by atoms with E-state index in [9.17, 15) is 4.79 Å². The third kappa shape index (κ3) is 6.51. The Bertz CT molecular complexity index is 353. The molecule has 1 aliphatic heterocycles. The number of carbonyl (C=O) groups excluding carboxylic acids is 1. The van der Waals surface area contributed by atoms with E-state index in [2.05, 4.69) is 31.7 Å². The highest BCUT2D eigenvalue weighted by Gasteiger charge is 2.38. The molecule has 1 aliphatic carbocycles. The number of nitrogens with zero attached hydrogens (tertiary/aromatic N) is 2. The number of rotatable bonds is 4. The number of terminal acetylenes is 1. The van der Waals surface area contributed by atoms with Gasteiger partial charge in [0.2, 0.25) is 5.91 Å². The van der Waals surface area contributed by atoms with Gasteiger partial charge in [-0.05, 0) is 31.6 Å². The highest BCUT2D eigenvalue weighted by atomic mass is 16.2. The minimum atomic E-state index is -0.235. The maximum atomic E-state index is 12.1. The van der Waals surface area contributed by atoms with E-state index in [0.29, 0.717) is 18.3 Å². The van der Waals surface area contributed by atoms with Crippen LogP contribution >= 0.6 is 0 Å². The highest BCUT2D eigenvalue weighted by Crippen LogP contribution is 2.33. The zero-order chi connectivity index (χ0) is 17.8. The first kappa shape index (κ1) is 22.8. The Balaban J connectivity index is 0. The first-order valence-electron chi connectivity index (χ1n) is 8.59. The molecule has 0 radical (unpaired) electrons. The molecule has 0 aromatic carbocycles. The van der Waals surface area contributed by atoms with Crippen LogP contribution in [0.1, 0.15) is 73.6 Å². The molecule has 128 valence electrons. The number of carbonyl (C=O) groups is 1. The van der Waals surface area contributed by atoms with E-state index in [1.54, 1.807) is 4.90 Å². The van der Waals surface area contributed by atoms with Gasteiger partial charge in [0, 0.05) is 6.54 Å². The molecular weight excluding hydrogens is 274 g/mol. The molecule has 0 aromatic rings. The Morgan fingerprint density at radius 3 is 1.95 bits per heavy atom. The van der Waals surface area contributed by atoms with E-state index >= 15 is 0 Å². The van der Waals surface area contributed by atoms with Crippen LogP contribution in [0.3, 0.4) is 0 Å². The molecule has 0 bridgehead atoms. The summed E-state index contributed by atoms with van der Waals surface area (Å²) in [5.74, 6) is 1.25. The predicted molar refractivity (Wildman–Crippen MR) is 96.6 cm³/mol. The van der Waals surface area contributed by atoms with Crippen molar-refractivity contribution in [2.45, 2.75) is 79.2 Å². The maximum Gasteiger partial charge on any atom is 0.231 e. The van der Waals surface area contributed by atoms with Crippen molar-refractivity contribution >= 4 is 11.9 Å². The molecule has 0 spiro atoms. The summed E-state index contributed by atoms with van der Waals surface area (Å²) in [5, 5.41) is 0. The van der Waals surface area contributed by atoms with Gasteiger partial charge in [-0.25, -0.2) is 4.99 Å². The lowest BCUT2D eigenvalue weighted by Gasteiger charge is -2.36. The Kier molecular flexibility index (Phi) is 12.5. The summed E-state index contributed by atoms with van der Waals surface area (Å²) in [7, 11) is 0. The number of hydrogen-bond acceptors (Lipinski definition) is 3. The summed E-state index contributed by atoms with van der Waals surface area (Å²) in [6.45, 7) is 12.9. The van der Waals surface area contributed by atoms with Gasteiger partial charge in [0.25, 0.3) is 0 Å². The number of nitrogens with two attached hydrogens (primary N) is 1. The van der Waals surface area contributed by atoms with Gasteiger partial charge in [-0.15, -0.1) is 12.8 Å². The smallest absolute Gasteiger partial charge is 0.231 e. The first-order valence-corrected chi connectivity index (χ1v) is 8.59. The van der Waals surface area contributed by atoms with Crippen LogP contribution in [0, 0.1) is 18.8 Å². The minimum absolute atomic E-state index is 0.156.